The fourth-order valence-electron chi connectivity index (χ4n) is 3.13. The third-order valence-electron chi connectivity index (χ3n) is 4.64. The van der Waals surface area contributed by atoms with Crippen molar-refractivity contribution in [2.75, 3.05) is 13.2 Å². The first kappa shape index (κ1) is 14.8. The van der Waals surface area contributed by atoms with E-state index in [2.05, 4.69) is 5.32 Å². The van der Waals surface area contributed by atoms with Crippen molar-refractivity contribution in [3.8, 4) is 5.75 Å². The van der Waals surface area contributed by atoms with Crippen LogP contribution in [-0.2, 0) is 9.53 Å². The lowest BCUT2D eigenvalue weighted by Gasteiger charge is -2.31. The summed E-state index contributed by atoms with van der Waals surface area (Å²) in [7, 11) is 0. The molecule has 0 spiro atoms. The number of carbonyl (C=O) groups excluding carboxylic acids is 1. The predicted octanol–water partition coefficient (Wildman–Crippen LogP) is 1.45. The van der Waals surface area contributed by atoms with Crippen molar-refractivity contribution in [2.45, 2.75) is 31.4 Å². The molecule has 2 atom stereocenters. The maximum absolute atomic E-state index is 12.4. The number of hydrogen-bond acceptors (Lipinski definition) is 4. The highest BCUT2D eigenvalue weighted by Crippen LogP contribution is 2.57. The van der Waals surface area contributed by atoms with E-state index in [1.807, 2.05) is 13.8 Å². The van der Waals surface area contributed by atoms with Gasteiger partial charge in [0, 0.05) is 11.5 Å². The highest BCUT2D eigenvalue weighted by atomic mass is 16.5. The van der Waals surface area contributed by atoms with Crippen LogP contribution in [0.1, 0.15) is 30.6 Å². The molecule has 3 rings (SSSR count). The van der Waals surface area contributed by atoms with Crippen molar-refractivity contribution in [2.24, 2.45) is 5.92 Å². The normalized spacial score (nSPS) is 27.8. The molecule has 2 unspecified atom stereocenters. The van der Waals surface area contributed by atoms with Gasteiger partial charge in [-0.25, -0.2) is 4.79 Å². The molecule has 0 bridgehead atoms. The molecule has 1 amide bonds. The van der Waals surface area contributed by atoms with Crippen molar-refractivity contribution < 1.29 is 24.2 Å². The third kappa shape index (κ3) is 2.43. The number of benzene rings is 1. The van der Waals surface area contributed by atoms with Crippen molar-refractivity contribution in [1.29, 1.82) is 0 Å². The molecule has 1 aliphatic heterocycles. The molecule has 1 saturated heterocycles. The Morgan fingerprint density at radius 3 is 2.55 bits per heavy atom. The van der Waals surface area contributed by atoms with Gasteiger partial charge in [-0.05, 0) is 44.5 Å². The smallest absolute Gasteiger partial charge is 0.341 e. The number of carboxylic acids is 1. The number of nitrogens with one attached hydrogen (secondary N) is 1. The zero-order valence-corrected chi connectivity index (χ0v) is 12.6. The van der Waals surface area contributed by atoms with E-state index in [4.69, 9.17) is 14.6 Å². The minimum atomic E-state index is -1.04. The van der Waals surface area contributed by atoms with E-state index in [0.717, 1.165) is 6.42 Å². The standard InChI is InChI=1S/C16H19NO5/c1-15(2)16(7-11(16)8-22-15)17-14(20)10-3-5-12(6-4-10)21-9-13(18)19/h3-6,11H,7-9H2,1-2H3,(H,17,20)(H,18,19). The Morgan fingerprint density at radius 2 is 2.05 bits per heavy atom. The van der Waals surface area contributed by atoms with Gasteiger partial charge in [-0.3, -0.25) is 4.79 Å². The Hall–Kier alpha value is -2.08. The van der Waals surface area contributed by atoms with Crippen molar-refractivity contribution in [3.63, 3.8) is 0 Å². The second-order valence-corrected chi connectivity index (χ2v) is 6.35. The molecule has 2 fully saturated rings. The van der Waals surface area contributed by atoms with Crippen LogP contribution in [0.3, 0.4) is 0 Å². The first-order valence-corrected chi connectivity index (χ1v) is 7.25. The monoisotopic (exact) mass is 305 g/mol. The number of rotatable bonds is 5. The summed E-state index contributed by atoms with van der Waals surface area (Å²) < 4.78 is 10.8. The van der Waals surface area contributed by atoms with Crippen molar-refractivity contribution >= 4 is 11.9 Å². The number of hydrogen-bond donors (Lipinski definition) is 2. The van der Waals surface area contributed by atoms with Crippen LogP contribution < -0.4 is 10.1 Å². The number of fused-ring (bicyclic) bond motifs is 1. The van der Waals surface area contributed by atoms with Crippen LogP contribution >= 0.6 is 0 Å². The van der Waals surface area contributed by atoms with Crippen LogP contribution in [-0.4, -0.2) is 41.3 Å². The lowest BCUT2D eigenvalue weighted by molar-refractivity contribution is -0.139. The molecule has 22 heavy (non-hydrogen) atoms. The molecule has 6 nitrogen and oxygen atoms in total. The SMILES string of the molecule is CC1(C)OCC2CC21NC(=O)c1ccc(OCC(=O)O)cc1. The summed E-state index contributed by atoms with van der Waals surface area (Å²) in [6.45, 7) is 4.29. The summed E-state index contributed by atoms with van der Waals surface area (Å²) in [4.78, 5) is 22.8. The summed E-state index contributed by atoms with van der Waals surface area (Å²) in [5.41, 5.74) is -0.0918. The van der Waals surface area contributed by atoms with Crippen LogP contribution in [0, 0.1) is 5.92 Å². The molecule has 1 aliphatic carbocycles. The Kier molecular flexibility index (Phi) is 3.36. The average Bonchev–Trinajstić information content (AvgIpc) is 3.12. The van der Waals surface area contributed by atoms with Crippen molar-refractivity contribution in [1.82, 2.24) is 5.32 Å². The minimum Gasteiger partial charge on any atom is -0.482 e. The van der Waals surface area contributed by atoms with E-state index in [1.54, 1.807) is 24.3 Å². The number of carbonyl (C=O) groups is 2. The largest absolute Gasteiger partial charge is 0.482 e. The first-order valence-electron chi connectivity index (χ1n) is 7.25. The van der Waals surface area contributed by atoms with Gasteiger partial charge in [-0.15, -0.1) is 0 Å². The Morgan fingerprint density at radius 1 is 1.36 bits per heavy atom. The lowest BCUT2D eigenvalue weighted by Crippen LogP contribution is -2.51. The van der Waals surface area contributed by atoms with Gasteiger partial charge >= 0.3 is 5.97 Å². The molecule has 2 aliphatic rings. The van der Waals surface area contributed by atoms with Crippen LogP contribution in [0.4, 0.5) is 0 Å². The zero-order chi connectivity index (χ0) is 16.0. The molecular weight excluding hydrogens is 286 g/mol. The van der Waals surface area contributed by atoms with Crippen LogP contribution in [0.25, 0.3) is 0 Å². The number of amides is 1. The summed E-state index contributed by atoms with van der Waals surface area (Å²) in [5, 5.41) is 11.7. The molecular formula is C16H19NO5. The van der Waals surface area contributed by atoms with Gasteiger partial charge in [-0.2, -0.15) is 0 Å². The van der Waals surface area contributed by atoms with E-state index < -0.39 is 12.6 Å². The number of aliphatic carboxylic acids is 1. The molecule has 0 radical (unpaired) electrons. The first-order chi connectivity index (χ1) is 10.3. The number of carboxylic acid groups (broad SMARTS) is 1. The van der Waals surface area contributed by atoms with Gasteiger partial charge in [0.05, 0.1) is 17.7 Å². The zero-order valence-electron chi connectivity index (χ0n) is 12.6. The van der Waals surface area contributed by atoms with E-state index >= 15 is 0 Å². The summed E-state index contributed by atoms with van der Waals surface area (Å²) in [6, 6.07) is 6.44. The molecule has 6 heteroatoms. The van der Waals surface area contributed by atoms with Crippen LogP contribution in [0.5, 0.6) is 5.75 Å². The Balaban J connectivity index is 1.65. The predicted molar refractivity (Wildman–Crippen MR) is 77.9 cm³/mol. The van der Waals surface area contributed by atoms with E-state index in [1.165, 1.54) is 0 Å². The summed E-state index contributed by atoms with van der Waals surface area (Å²) >= 11 is 0. The van der Waals surface area contributed by atoms with E-state index in [9.17, 15) is 9.59 Å². The van der Waals surface area contributed by atoms with Gasteiger partial charge in [0.15, 0.2) is 6.61 Å². The highest BCUT2D eigenvalue weighted by molar-refractivity contribution is 5.95. The van der Waals surface area contributed by atoms with Crippen LogP contribution in [0.15, 0.2) is 24.3 Å². The molecule has 1 aromatic carbocycles. The fourth-order valence-corrected chi connectivity index (χ4v) is 3.13. The van der Waals surface area contributed by atoms with Gasteiger partial charge < -0.3 is 19.9 Å². The summed E-state index contributed by atoms with van der Waals surface area (Å²) in [5.74, 6) is -0.370. The molecule has 1 aromatic rings. The third-order valence-corrected chi connectivity index (χ3v) is 4.64. The molecule has 0 aromatic heterocycles. The van der Waals surface area contributed by atoms with Crippen LogP contribution in [0.2, 0.25) is 0 Å². The van der Waals surface area contributed by atoms with Gasteiger partial charge in [-0.1, -0.05) is 0 Å². The molecule has 2 N–H and O–H groups in total. The summed E-state index contributed by atoms with van der Waals surface area (Å²) in [6.07, 6.45) is 0.950. The molecule has 118 valence electrons. The maximum atomic E-state index is 12.4. The minimum absolute atomic E-state index is 0.147. The molecule has 1 heterocycles. The highest BCUT2D eigenvalue weighted by Gasteiger charge is 2.69. The maximum Gasteiger partial charge on any atom is 0.341 e. The number of ether oxygens (including phenoxy) is 2. The molecule has 1 saturated carbocycles. The van der Waals surface area contributed by atoms with E-state index in [0.29, 0.717) is 23.8 Å². The Labute approximate surface area is 128 Å². The fraction of sp³-hybridized carbons (Fsp3) is 0.500. The van der Waals surface area contributed by atoms with E-state index in [-0.39, 0.29) is 17.0 Å². The van der Waals surface area contributed by atoms with Gasteiger partial charge in [0.25, 0.3) is 5.91 Å². The lowest BCUT2D eigenvalue weighted by atomic mass is 9.95. The van der Waals surface area contributed by atoms with Gasteiger partial charge in [0.2, 0.25) is 0 Å². The quantitative estimate of drug-likeness (QED) is 0.860. The second kappa shape index (κ2) is 4.98. The Bertz CT molecular complexity index is 609. The second-order valence-electron chi connectivity index (χ2n) is 6.35. The topological polar surface area (TPSA) is 84.9 Å². The average molecular weight is 305 g/mol. The van der Waals surface area contributed by atoms with Gasteiger partial charge in [0.1, 0.15) is 5.75 Å². The van der Waals surface area contributed by atoms with Crippen molar-refractivity contribution in [3.05, 3.63) is 29.8 Å².